The molecule has 1 fully saturated rings. The lowest BCUT2D eigenvalue weighted by Crippen LogP contribution is -1.97. The number of aliphatic hydroxyl groups is 1. The van der Waals surface area contributed by atoms with E-state index in [0.717, 1.165) is 26.9 Å². The summed E-state index contributed by atoms with van der Waals surface area (Å²) >= 11 is 1.57. The molecule has 0 atom stereocenters. The molecule has 1 aromatic carbocycles. The van der Waals surface area contributed by atoms with Gasteiger partial charge in [0.05, 0.1) is 17.2 Å². The van der Waals surface area contributed by atoms with Crippen molar-refractivity contribution in [1.82, 2.24) is 4.98 Å². The molecule has 3 rings (SSSR count). The Labute approximate surface area is 123 Å². The predicted octanol–water partition coefficient (Wildman–Crippen LogP) is 3.71. The van der Waals surface area contributed by atoms with Crippen molar-refractivity contribution in [2.75, 3.05) is 0 Å². The van der Waals surface area contributed by atoms with Crippen molar-refractivity contribution >= 4 is 11.3 Å². The first-order valence-electron chi connectivity index (χ1n) is 6.96. The molecule has 0 spiro atoms. The second kappa shape index (κ2) is 5.54. The molecule has 2 aromatic rings. The number of nitrogens with zero attached hydrogens (tertiary/aromatic N) is 1. The van der Waals surface area contributed by atoms with Crippen LogP contribution in [-0.4, -0.2) is 10.1 Å². The molecule has 1 N–H and O–H groups in total. The van der Waals surface area contributed by atoms with Crippen LogP contribution in [0.3, 0.4) is 0 Å². The Hall–Kier alpha value is -1.39. The summed E-state index contributed by atoms with van der Waals surface area (Å²) in [6.07, 6.45) is 2.40. The van der Waals surface area contributed by atoms with E-state index >= 15 is 0 Å². The van der Waals surface area contributed by atoms with Gasteiger partial charge in [0, 0.05) is 5.92 Å². The molecule has 0 radical (unpaired) electrons. The first-order valence-corrected chi connectivity index (χ1v) is 7.78. The summed E-state index contributed by atoms with van der Waals surface area (Å²) in [6, 6.07) is 6.21. The van der Waals surface area contributed by atoms with Gasteiger partial charge in [0.15, 0.2) is 0 Å². The number of ether oxygens (including phenoxy) is 1. The molecule has 4 heteroatoms. The fraction of sp³-hybridized carbons (Fsp3) is 0.438. The molecule has 1 aromatic heterocycles. The van der Waals surface area contributed by atoms with Gasteiger partial charge in [0.25, 0.3) is 0 Å². The molecule has 20 heavy (non-hydrogen) atoms. The molecule has 0 saturated heterocycles. The van der Waals surface area contributed by atoms with Gasteiger partial charge in [0.2, 0.25) is 0 Å². The van der Waals surface area contributed by atoms with Crippen molar-refractivity contribution in [2.45, 2.75) is 45.8 Å². The maximum absolute atomic E-state index is 9.40. The zero-order chi connectivity index (χ0) is 14.1. The number of aliphatic hydroxyl groups excluding tert-OH is 1. The predicted molar refractivity (Wildman–Crippen MR) is 80.3 cm³/mol. The van der Waals surface area contributed by atoms with Crippen LogP contribution in [-0.2, 0) is 13.2 Å². The van der Waals surface area contributed by atoms with E-state index in [2.05, 4.69) is 30.1 Å². The van der Waals surface area contributed by atoms with Crippen LogP contribution in [0.1, 0.15) is 45.5 Å². The van der Waals surface area contributed by atoms with Crippen LogP contribution in [0.4, 0.5) is 0 Å². The van der Waals surface area contributed by atoms with E-state index in [1.54, 1.807) is 11.3 Å². The Balaban J connectivity index is 1.73. The summed E-state index contributed by atoms with van der Waals surface area (Å²) in [7, 11) is 0. The summed E-state index contributed by atoms with van der Waals surface area (Å²) in [5.74, 6) is 1.49. The highest BCUT2D eigenvalue weighted by molar-refractivity contribution is 7.11. The molecule has 1 aliphatic carbocycles. The van der Waals surface area contributed by atoms with Gasteiger partial charge in [-0.2, -0.15) is 0 Å². The van der Waals surface area contributed by atoms with Crippen molar-refractivity contribution in [3.05, 3.63) is 44.9 Å². The molecule has 0 amide bonds. The van der Waals surface area contributed by atoms with E-state index in [1.165, 1.54) is 18.4 Å². The van der Waals surface area contributed by atoms with Crippen molar-refractivity contribution in [3.8, 4) is 5.75 Å². The Kier molecular flexibility index (Phi) is 3.76. The Morgan fingerprint density at radius 1 is 1.35 bits per heavy atom. The summed E-state index contributed by atoms with van der Waals surface area (Å²) < 4.78 is 5.88. The lowest BCUT2D eigenvalue weighted by atomic mass is 10.1. The standard InChI is InChI=1S/C16H19NO2S/c1-10-3-4-11(2)13(7-10)19-9-15-17-16(12-5-6-12)14(8-18)20-15/h3-4,7,12,18H,5-6,8-9H2,1-2H3. The van der Waals surface area contributed by atoms with Gasteiger partial charge in [0.1, 0.15) is 17.4 Å². The van der Waals surface area contributed by atoms with Crippen LogP contribution in [0.15, 0.2) is 18.2 Å². The van der Waals surface area contributed by atoms with Crippen molar-refractivity contribution < 1.29 is 9.84 Å². The molecular weight excluding hydrogens is 270 g/mol. The number of aryl methyl sites for hydroxylation is 2. The van der Waals surface area contributed by atoms with E-state index in [9.17, 15) is 5.11 Å². The molecule has 106 valence electrons. The van der Waals surface area contributed by atoms with Crippen molar-refractivity contribution in [3.63, 3.8) is 0 Å². The average molecular weight is 289 g/mol. The minimum absolute atomic E-state index is 0.0903. The average Bonchev–Trinajstić information content (AvgIpc) is 3.20. The van der Waals surface area contributed by atoms with Gasteiger partial charge in [-0.1, -0.05) is 12.1 Å². The molecule has 1 saturated carbocycles. The fourth-order valence-corrected chi connectivity index (χ4v) is 3.19. The van der Waals surface area contributed by atoms with E-state index < -0.39 is 0 Å². The molecule has 0 bridgehead atoms. The van der Waals surface area contributed by atoms with Gasteiger partial charge < -0.3 is 9.84 Å². The summed E-state index contributed by atoms with van der Waals surface area (Å²) in [4.78, 5) is 5.65. The maximum atomic E-state index is 9.40. The van der Waals surface area contributed by atoms with Crippen LogP contribution in [0.5, 0.6) is 5.75 Å². The largest absolute Gasteiger partial charge is 0.486 e. The van der Waals surface area contributed by atoms with E-state index in [0.29, 0.717) is 12.5 Å². The minimum atomic E-state index is 0.0903. The van der Waals surface area contributed by atoms with Gasteiger partial charge in [-0.3, -0.25) is 0 Å². The summed E-state index contributed by atoms with van der Waals surface area (Å²) in [6.45, 7) is 4.68. The SMILES string of the molecule is Cc1ccc(C)c(OCc2nc(C3CC3)c(CO)s2)c1. The molecule has 3 nitrogen and oxygen atoms in total. The zero-order valence-electron chi connectivity index (χ0n) is 11.8. The van der Waals surface area contributed by atoms with Crippen LogP contribution in [0.2, 0.25) is 0 Å². The summed E-state index contributed by atoms with van der Waals surface area (Å²) in [5.41, 5.74) is 3.42. The highest BCUT2D eigenvalue weighted by atomic mass is 32.1. The van der Waals surface area contributed by atoms with Crippen LogP contribution < -0.4 is 4.74 Å². The van der Waals surface area contributed by atoms with Crippen molar-refractivity contribution in [1.29, 1.82) is 0 Å². The highest BCUT2D eigenvalue weighted by Crippen LogP contribution is 2.42. The number of hydrogen-bond acceptors (Lipinski definition) is 4. The molecular formula is C16H19NO2S. The van der Waals surface area contributed by atoms with Gasteiger partial charge >= 0.3 is 0 Å². The molecule has 0 aliphatic heterocycles. The third-order valence-electron chi connectivity index (χ3n) is 3.57. The molecule has 0 unspecified atom stereocenters. The third-order valence-corrected chi connectivity index (χ3v) is 4.60. The smallest absolute Gasteiger partial charge is 0.140 e. The number of hydrogen-bond donors (Lipinski definition) is 1. The van der Waals surface area contributed by atoms with Gasteiger partial charge in [-0.05, 0) is 43.9 Å². The highest BCUT2D eigenvalue weighted by Gasteiger charge is 2.29. The monoisotopic (exact) mass is 289 g/mol. The van der Waals surface area contributed by atoms with Crippen LogP contribution in [0, 0.1) is 13.8 Å². The maximum Gasteiger partial charge on any atom is 0.140 e. The van der Waals surface area contributed by atoms with E-state index in [1.807, 2.05) is 6.92 Å². The summed E-state index contributed by atoms with van der Waals surface area (Å²) in [5, 5.41) is 10.4. The van der Waals surface area contributed by atoms with Gasteiger partial charge in [-0.25, -0.2) is 4.98 Å². The third kappa shape index (κ3) is 2.86. The topological polar surface area (TPSA) is 42.4 Å². The molecule has 1 aliphatic rings. The second-order valence-electron chi connectivity index (χ2n) is 5.41. The Morgan fingerprint density at radius 3 is 2.85 bits per heavy atom. The van der Waals surface area contributed by atoms with E-state index in [4.69, 9.17) is 4.74 Å². The lowest BCUT2D eigenvalue weighted by Gasteiger charge is -2.08. The fourth-order valence-electron chi connectivity index (χ4n) is 2.27. The number of thiazole rings is 1. The first kappa shape index (κ1) is 13.6. The van der Waals surface area contributed by atoms with E-state index in [-0.39, 0.29) is 6.61 Å². The normalized spacial score (nSPS) is 14.6. The van der Waals surface area contributed by atoms with Gasteiger partial charge in [-0.15, -0.1) is 11.3 Å². The van der Waals surface area contributed by atoms with Crippen molar-refractivity contribution in [2.24, 2.45) is 0 Å². The Morgan fingerprint density at radius 2 is 2.15 bits per heavy atom. The lowest BCUT2D eigenvalue weighted by molar-refractivity contribution is 0.284. The number of benzene rings is 1. The molecule has 1 heterocycles. The quantitative estimate of drug-likeness (QED) is 0.912. The first-order chi connectivity index (χ1) is 9.67. The van der Waals surface area contributed by atoms with Crippen LogP contribution in [0.25, 0.3) is 0 Å². The second-order valence-corrected chi connectivity index (χ2v) is 6.57. The number of rotatable bonds is 5. The Bertz CT molecular complexity index is 617. The minimum Gasteiger partial charge on any atom is -0.486 e. The zero-order valence-corrected chi connectivity index (χ0v) is 12.7. The number of aromatic nitrogens is 1. The van der Waals surface area contributed by atoms with Crippen LogP contribution >= 0.6 is 11.3 Å².